The summed E-state index contributed by atoms with van der Waals surface area (Å²) in [5.41, 5.74) is 1.39. The molecule has 1 amide bonds. The summed E-state index contributed by atoms with van der Waals surface area (Å²) in [6.07, 6.45) is 0. The molecule has 0 spiro atoms. The number of anilines is 1. The summed E-state index contributed by atoms with van der Waals surface area (Å²) in [7, 11) is -2.30. The van der Waals surface area contributed by atoms with Crippen LogP contribution >= 0.6 is 11.6 Å². The number of sulfonamides is 1. The molecule has 0 radical (unpaired) electrons. The number of halogens is 1. The zero-order valence-electron chi connectivity index (χ0n) is 14.0. The van der Waals surface area contributed by atoms with Gasteiger partial charge in [-0.2, -0.15) is 4.72 Å². The van der Waals surface area contributed by atoms with Crippen molar-refractivity contribution in [2.45, 2.75) is 24.8 Å². The van der Waals surface area contributed by atoms with Gasteiger partial charge in [0.25, 0.3) is 0 Å². The van der Waals surface area contributed by atoms with E-state index in [0.717, 1.165) is 5.56 Å². The molecule has 134 valence electrons. The standard InChI is InChI=1S/C17H19ClN2O4S/c1-11-4-7-14(8-5-11)25(22,23)20-12(2)17(21)19-13-6-9-16(24-3)15(18)10-13/h4-10,12,20H,1-3H3,(H,19,21). The van der Waals surface area contributed by atoms with Crippen LogP contribution in [0.4, 0.5) is 5.69 Å². The van der Waals surface area contributed by atoms with Crippen molar-refractivity contribution in [1.82, 2.24) is 4.72 Å². The molecule has 0 aliphatic heterocycles. The van der Waals surface area contributed by atoms with Crippen LogP contribution in [-0.2, 0) is 14.8 Å². The zero-order chi connectivity index (χ0) is 18.6. The predicted octanol–water partition coefficient (Wildman–Crippen LogP) is 2.96. The molecule has 2 aromatic rings. The van der Waals surface area contributed by atoms with Gasteiger partial charge >= 0.3 is 0 Å². The van der Waals surface area contributed by atoms with Crippen molar-refractivity contribution < 1.29 is 17.9 Å². The topological polar surface area (TPSA) is 84.5 Å². The molecule has 2 aromatic carbocycles. The van der Waals surface area contributed by atoms with E-state index in [4.69, 9.17) is 16.3 Å². The third-order valence-electron chi connectivity index (χ3n) is 3.48. The largest absolute Gasteiger partial charge is 0.495 e. The highest BCUT2D eigenvalue weighted by molar-refractivity contribution is 7.89. The maximum absolute atomic E-state index is 12.3. The molecule has 25 heavy (non-hydrogen) atoms. The lowest BCUT2D eigenvalue weighted by molar-refractivity contribution is -0.117. The van der Waals surface area contributed by atoms with E-state index in [9.17, 15) is 13.2 Å². The first kappa shape index (κ1) is 19.2. The van der Waals surface area contributed by atoms with Crippen molar-refractivity contribution in [3.05, 3.63) is 53.1 Å². The minimum atomic E-state index is -3.79. The van der Waals surface area contributed by atoms with Crippen molar-refractivity contribution in [1.29, 1.82) is 0 Å². The molecule has 0 aliphatic carbocycles. The summed E-state index contributed by atoms with van der Waals surface area (Å²) >= 11 is 6.00. The zero-order valence-corrected chi connectivity index (χ0v) is 15.6. The molecule has 8 heteroatoms. The number of amides is 1. The van der Waals surface area contributed by atoms with Gasteiger partial charge < -0.3 is 10.1 Å². The molecule has 0 saturated carbocycles. The number of ether oxygens (including phenoxy) is 1. The summed E-state index contributed by atoms with van der Waals surface area (Å²) in [6, 6.07) is 10.2. The normalized spacial score (nSPS) is 12.5. The van der Waals surface area contributed by atoms with E-state index >= 15 is 0 Å². The third-order valence-corrected chi connectivity index (χ3v) is 5.33. The Morgan fingerprint density at radius 1 is 1.16 bits per heavy atom. The molecule has 0 heterocycles. The number of hydrogen-bond donors (Lipinski definition) is 2. The summed E-state index contributed by atoms with van der Waals surface area (Å²) in [5, 5.41) is 2.95. The number of rotatable bonds is 6. The van der Waals surface area contributed by atoms with Gasteiger partial charge in [0, 0.05) is 5.69 Å². The molecule has 1 atom stereocenters. The fraction of sp³-hybridized carbons (Fsp3) is 0.235. The van der Waals surface area contributed by atoms with Crippen molar-refractivity contribution in [2.24, 2.45) is 0 Å². The van der Waals surface area contributed by atoms with E-state index in [1.54, 1.807) is 24.3 Å². The lowest BCUT2D eigenvalue weighted by Gasteiger charge is -2.15. The quantitative estimate of drug-likeness (QED) is 0.804. The number of methoxy groups -OCH3 is 1. The fourth-order valence-electron chi connectivity index (χ4n) is 2.07. The smallest absolute Gasteiger partial charge is 0.242 e. The Morgan fingerprint density at radius 2 is 1.80 bits per heavy atom. The summed E-state index contributed by atoms with van der Waals surface area (Å²) < 4.78 is 32.0. The van der Waals surface area contributed by atoms with Gasteiger partial charge in [-0.3, -0.25) is 4.79 Å². The molecule has 0 saturated heterocycles. The Kier molecular flexibility index (Phi) is 6.05. The van der Waals surface area contributed by atoms with Crippen LogP contribution in [0.25, 0.3) is 0 Å². The fourth-order valence-corrected chi connectivity index (χ4v) is 3.53. The average Bonchev–Trinajstić information content (AvgIpc) is 2.55. The lowest BCUT2D eigenvalue weighted by Crippen LogP contribution is -2.41. The van der Waals surface area contributed by atoms with Crippen LogP contribution in [0.15, 0.2) is 47.4 Å². The maximum Gasteiger partial charge on any atom is 0.242 e. The molecule has 6 nitrogen and oxygen atoms in total. The Bertz CT molecular complexity index is 867. The van der Waals surface area contributed by atoms with E-state index in [0.29, 0.717) is 16.5 Å². The van der Waals surface area contributed by atoms with E-state index < -0.39 is 22.0 Å². The number of nitrogens with one attached hydrogen (secondary N) is 2. The van der Waals surface area contributed by atoms with Gasteiger partial charge in [0.15, 0.2) is 0 Å². The number of carbonyl (C=O) groups excluding carboxylic acids is 1. The molecule has 2 rings (SSSR count). The molecule has 1 unspecified atom stereocenters. The number of hydrogen-bond acceptors (Lipinski definition) is 4. The van der Waals surface area contributed by atoms with Crippen LogP contribution in [0.1, 0.15) is 12.5 Å². The van der Waals surface area contributed by atoms with Crippen molar-refractivity contribution >= 4 is 33.2 Å². The van der Waals surface area contributed by atoms with Crippen LogP contribution in [0.3, 0.4) is 0 Å². The highest BCUT2D eigenvalue weighted by Gasteiger charge is 2.22. The van der Waals surface area contributed by atoms with Gasteiger partial charge in [0.1, 0.15) is 5.75 Å². The third kappa shape index (κ3) is 4.94. The minimum Gasteiger partial charge on any atom is -0.495 e. The van der Waals surface area contributed by atoms with Crippen LogP contribution in [0, 0.1) is 6.92 Å². The van der Waals surface area contributed by atoms with Gasteiger partial charge in [-0.05, 0) is 44.2 Å². The summed E-state index contributed by atoms with van der Waals surface area (Å²) in [4.78, 5) is 12.3. The van der Waals surface area contributed by atoms with E-state index in [1.807, 2.05) is 6.92 Å². The van der Waals surface area contributed by atoms with Crippen molar-refractivity contribution in [3.63, 3.8) is 0 Å². The predicted molar refractivity (Wildman–Crippen MR) is 97.6 cm³/mol. The summed E-state index contributed by atoms with van der Waals surface area (Å²) in [5.74, 6) is -0.0234. The van der Waals surface area contributed by atoms with Crippen molar-refractivity contribution in [3.8, 4) is 5.75 Å². The first-order chi connectivity index (χ1) is 11.7. The van der Waals surface area contributed by atoms with E-state index in [2.05, 4.69) is 10.0 Å². The first-order valence-corrected chi connectivity index (χ1v) is 9.32. The van der Waals surface area contributed by atoms with Crippen LogP contribution < -0.4 is 14.8 Å². The Labute approximate surface area is 152 Å². The van der Waals surface area contributed by atoms with Gasteiger partial charge in [-0.25, -0.2) is 8.42 Å². The molecule has 0 aliphatic rings. The molecular formula is C17H19ClN2O4S. The Hall–Kier alpha value is -2.09. The highest BCUT2D eigenvalue weighted by Crippen LogP contribution is 2.27. The Balaban J connectivity index is 2.07. The number of benzene rings is 2. The SMILES string of the molecule is COc1ccc(NC(=O)C(C)NS(=O)(=O)c2ccc(C)cc2)cc1Cl. The monoisotopic (exact) mass is 382 g/mol. The molecule has 0 bridgehead atoms. The molecule has 2 N–H and O–H groups in total. The van der Waals surface area contributed by atoms with Crippen LogP contribution in [-0.4, -0.2) is 27.5 Å². The number of aryl methyl sites for hydroxylation is 1. The lowest BCUT2D eigenvalue weighted by atomic mass is 10.2. The minimum absolute atomic E-state index is 0.102. The van der Waals surface area contributed by atoms with Crippen molar-refractivity contribution in [2.75, 3.05) is 12.4 Å². The summed E-state index contributed by atoms with van der Waals surface area (Å²) in [6.45, 7) is 3.33. The van der Waals surface area contributed by atoms with Crippen LogP contribution in [0.2, 0.25) is 5.02 Å². The molecular weight excluding hydrogens is 364 g/mol. The van der Waals surface area contributed by atoms with Gasteiger partial charge in [-0.1, -0.05) is 29.3 Å². The van der Waals surface area contributed by atoms with Gasteiger partial charge in [-0.15, -0.1) is 0 Å². The van der Waals surface area contributed by atoms with E-state index in [-0.39, 0.29) is 4.90 Å². The Morgan fingerprint density at radius 3 is 2.36 bits per heavy atom. The van der Waals surface area contributed by atoms with Crippen LogP contribution in [0.5, 0.6) is 5.75 Å². The first-order valence-electron chi connectivity index (χ1n) is 7.46. The second kappa shape index (κ2) is 7.86. The van der Waals surface area contributed by atoms with Gasteiger partial charge in [0.2, 0.25) is 15.9 Å². The average molecular weight is 383 g/mol. The molecule has 0 aromatic heterocycles. The van der Waals surface area contributed by atoms with E-state index in [1.165, 1.54) is 32.2 Å². The number of carbonyl (C=O) groups is 1. The molecule has 0 fully saturated rings. The second-order valence-electron chi connectivity index (χ2n) is 5.49. The maximum atomic E-state index is 12.3. The highest BCUT2D eigenvalue weighted by atomic mass is 35.5. The van der Waals surface area contributed by atoms with Gasteiger partial charge in [0.05, 0.1) is 23.1 Å². The second-order valence-corrected chi connectivity index (χ2v) is 7.62.